The molecule has 0 radical (unpaired) electrons. The van der Waals surface area contributed by atoms with Crippen molar-refractivity contribution < 1.29 is 13.2 Å². The van der Waals surface area contributed by atoms with Crippen LogP contribution in [0.4, 0.5) is 0 Å². The van der Waals surface area contributed by atoms with Gasteiger partial charge in [0.15, 0.2) is 0 Å². The van der Waals surface area contributed by atoms with Crippen LogP contribution in [0.15, 0.2) is 59.5 Å². The summed E-state index contributed by atoms with van der Waals surface area (Å²) >= 11 is 0. The van der Waals surface area contributed by atoms with Crippen molar-refractivity contribution in [2.45, 2.75) is 38.1 Å². The predicted octanol–water partition coefficient (Wildman–Crippen LogP) is 3.31. The zero-order valence-electron chi connectivity index (χ0n) is 16.5. The first-order valence-electron chi connectivity index (χ1n) is 9.77. The van der Waals surface area contributed by atoms with Crippen LogP contribution in [0, 0.1) is 5.92 Å². The Morgan fingerprint density at radius 2 is 1.68 bits per heavy atom. The van der Waals surface area contributed by atoms with Gasteiger partial charge in [-0.3, -0.25) is 4.79 Å². The lowest BCUT2D eigenvalue weighted by atomic mass is 10.00. The van der Waals surface area contributed by atoms with E-state index in [2.05, 4.69) is 12.1 Å². The van der Waals surface area contributed by atoms with Crippen molar-refractivity contribution >= 4 is 15.9 Å². The molecular formula is C22H28N2O3S. The highest BCUT2D eigenvalue weighted by atomic mass is 32.2. The quantitative estimate of drug-likeness (QED) is 0.716. The van der Waals surface area contributed by atoms with Gasteiger partial charge in [0.1, 0.15) is 0 Å². The standard InChI is InChI=1S/C22H28N2O3S/c1-18(2)16-24(28(26,27)21-10-4-3-5-11-21)15-13-22(25)23-14-12-19-8-6-7-9-20(19)17-23/h3-11,18H,12-17H2,1-2H3. The van der Waals surface area contributed by atoms with Crippen LogP contribution in [0.2, 0.25) is 0 Å². The van der Waals surface area contributed by atoms with Crippen LogP contribution in [0.5, 0.6) is 0 Å². The van der Waals surface area contributed by atoms with Gasteiger partial charge in [-0.1, -0.05) is 56.3 Å². The lowest BCUT2D eigenvalue weighted by Crippen LogP contribution is -2.40. The molecule has 0 atom stereocenters. The molecule has 0 aliphatic carbocycles. The smallest absolute Gasteiger partial charge is 0.243 e. The summed E-state index contributed by atoms with van der Waals surface area (Å²) < 4.78 is 27.5. The van der Waals surface area contributed by atoms with Gasteiger partial charge in [0.05, 0.1) is 4.90 Å². The maximum atomic E-state index is 13.0. The van der Waals surface area contributed by atoms with Gasteiger partial charge < -0.3 is 4.90 Å². The van der Waals surface area contributed by atoms with E-state index in [0.29, 0.717) is 19.6 Å². The van der Waals surface area contributed by atoms with Gasteiger partial charge >= 0.3 is 0 Å². The molecule has 1 amide bonds. The molecule has 1 aliphatic heterocycles. The van der Waals surface area contributed by atoms with Crippen molar-refractivity contribution in [3.8, 4) is 0 Å². The highest BCUT2D eigenvalue weighted by molar-refractivity contribution is 7.89. The van der Waals surface area contributed by atoms with Crippen molar-refractivity contribution in [3.05, 3.63) is 65.7 Å². The summed E-state index contributed by atoms with van der Waals surface area (Å²) in [6.45, 7) is 5.85. The van der Waals surface area contributed by atoms with E-state index in [1.54, 1.807) is 30.3 Å². The summed E-state index contributed by atoms with van der Waals surface area (Å²) in [7, 11) is -3.61. The molecule has 0 spiro atoms. The second-order valence-electron chi connectivity index (χ2n) is 7.65. The van der Waals surface area contributed by atoms with E-state index in [-0.39, 0.29) is 29.7 Å². The van der Waals surface area contributed by atoms with E-state index in [9.17, 15) is 13.2 Å². The average molecular weight is 401 g/mol. The van der Waals surface area contributed by atoms with Crippen molar-refractivity contribution in [1.82, 2.24) is 9.21 Å². The van der Waals surface area contributed by atoms with Gasteiger partial charge in [-0.15, -0.1) is 0 Å². The highest BCUT2D eigenvalue weighted by Gasteiger charge is 2.27. The number of carbonyl (C=O) groups excluding carboxylic acids is 1. The molecule has 2 aromatic carbocycles. The first-order chi connectivity index (χ1) is 13.4. The lowest BCUT2D eigenvalue weighted by molar-refractivity contribution is -0.132. The van der Waals surface area contributed by atoms with E-state index < -0.39 is 10.0 Å². The Morgan fingerprint density at radius 3 is 2.36 bits per heavy atom. The molecule has 3 rings (SSSR count). The lowest BCUT2D eigenvalue weighted by Gasteiger charge is -2.30. The molecule has 0 bridgehead atoms. The Kier molecular flexibility index (Phi) is 6.52. The monoisotopic (exact) mass is 400 g/mol. The largest absolute Gasteiger partial charge is 0.338 e. The Bertz CT molecular complexity index is 910. The summed E-state index contributed by atoms with van der Waals surface area (Å²) in [5, 5.41) is 0. The number of hydrogen-bond donors (Lipinski definition) is 0. The van der Waals surface area contributed by atoms with Crippen molar-refractivity contribution in [2.75, 3.05) is 19.6 Å². The highest BCUT2D eigenvalue weighted by Crippen LogP contribution is 2.21. The van der Waals surface area contributed by atoms with Crippen molar-refractivity contribution in [2.24, 2.45) is 5.92 Å². The summed E-state index contributed by atoms with van der Waals surface area (Å²) in [5.74, 6) is 0.182. The molecule has 0 unspecified atom stereocenters. The maximum Gasteiger partial charge on any atom is 0.243 e. The van der Waals surface area contributed by atoms with Crippen LogP contribution in [-0.2, 0) is 27.8 Å². The number of sulfonamides is 1. The molecular weight excluding hydrogens is 372 g/mol. The van der Waals surface area contributed by atoms with Gasteiger partial charge in [0.25, 0.3) is 0 Å². The van der Waals surface area contributed by atoms with Crippen LogP contribution in [0.1, 0.15) is 31.4 Å². The van der Waals surface area contributed by atoms with Gasteiger partial charge in [0, 0.05) is 32.6 Å². The molecule has 150 valence electrons. The number of carbonyl (C=O) groups is 1. The minimum absolute atomic E-state index is 0.00604. The molecule has 0 N–H and O–H groups in total. The fourth-order valence-electron chi connectivity index (χ4n) is 3.55. The number of rotatable bonds is 7. The van der Waals surface area contributed by atoms with Crippen LogP contribution in [-0.4, -0.2) is 43.2 Å². The number of benzene rings is 2. The van der Waals surface area contributed by atoms with Gasteiger partial charge in [-0.2, -0.15) is 4.31 Å². The van der Waals surface area contributed by atoms with Crippen LogP contribution in [0.25, 0.3) is 0 Å². The molecule has 0 saturated carbocycles. The normalized spacial score (nSPS) is 14.4. The number of nitrogens with zero attached hydrogens (tertiary/aromatic N) is 2. The summed E-state index contributed by atoms with van der Waals surface area (Å²) in [6, 6.07) is 16.6. The number of hydrogen-bond acceptors (Lipinski definition) is 3. The van der Waals surface area contributed by atoms with Crippen LogP contribution in [0.3, 0.4) is 0 Å². The minimum Gasteiger partial charge on any atom is -0.338 e. The molecule has 0 aromatic heterocycles. The van der Waals surface area contributed by atoms with Crippen molar-refractivity contribution in [1.29, 1.82) is 0 Å². The van der Waals surface area contributed by atoms with Crippen LogP contribution < -0.4 is 0 Å². The second-order valence-corrected chi connectivity index (χ2v) is 9.59. The molecule has 28 heavy (non-hydrogen) atoms. The third kappa shape index (κ3) is 4.80. The number of amides is 1. The topological polar surface area (TPSA) is 57.7 Å². The number of fused-ring (bicyclic) bond motifs is 1. The second kappa shape index (κ2) is 8.88. The summed E-state index contributed by atoms with van der Waals surface area (Å²) in [6.07, 6.45) is 1.04. The molecule has 6 heteroatoms. The van der Waals surface area contributed by atoms with E-state index in [1.165, 1.54) is 15.4 Å². The zero-order chi connectivity index (χ0) is 20.1. The molecule has 0 saturated heterocycles. The van der Waals surface area contributed by atoms with E-state index in [0.717, 1.165) is 6.42 Å². The summed E-state index contributed by atoms with van der Waals surface area (Å²) in [4.78, 5) is 14.9. The minimum atomic E-state index is -3.61. The first kappa shape index (κ1) is 20.6. The van der Waals surface area contributed by atoms with Gasteiger partial charge in [-0.25, -0.2) is 8.42 Å². The van der Waals surface area contributed by atoms with E-state index in [1.807, 2.05) is 30.9 Å². The fourth-order valence-corrected chi connectivity index (χ4v) is 5.17. The average Bonchev–Trinajstić information content (AvgIpc) is 2.70. The first-order valence-corrected chi connectivity index (χ1v) is 11.2. The Balaban J connectivity index is 1.68. The van der Waals surface area contributed by atoms with Gasteiger partial charge in [0.2, 0.25) is 15.9 Å². The maximum absolute atomic E-state index is 13.0. The molecule has 1 aliphatic rings. The molecule has 1 heterocycles. The molecule has 2 aromatic rings. The summed E-state index contributed by atoms with van der Waals surface area (Å²) in [5.41, 5.74) is 2.47. The van der Waals surface area contributed by atoms with Crippen molar-refractivity contribution in [3.63, 3.8) is 0 Å². The van der Waals surface area contributed by atoms with Gasteiger partial charge in [-0.05, 0) is 35.6 Å². The van der Waals surface area contributed by atoms with Crippen LogP contribution >= 0.6 is 0 Å². The SMILES string of the molecule is CC(C)CN(CCC(=O)N1CCc2ccccc2C1)S(=O)(=O)c1ccccc1. The fraction of sp³-hybridized carbons (Fsp3) is 0.409. The Labute approximate surface area is 168 Å². The van der Waals surface area contributed by atoms with E-state index >= 15 is 0 Å². The Hall–Kier alpha value is -2.18. The Morgan fingerprint density at radius 1 is 1.04 bits per heavy atom. The predicted molar refractivity (Wildman–Crippen MR) is 110 cm³/mol. The van der Waals surface area contributed by atoms with E-state index in [4.69, 9.17) is 0 Å². The molecule has 5 nitrogen and oxygen atoms in total. The zero-order valence-corrected chi connectivity index (χ0v) is 17.4. The third-order valence-corrected chi connectivity index (χ3v) is 6.89. The molecule has 0 fully saturated rings. The third-order valence-electron chi connectivity index (χ3n) is 5.01.